The lowest BCUT2D eigenvalue weighted by Crippen LogP contribution is -2.43. The van der Waals surface area contributed by atoms with Crippen molar-refractivity contribution in [3.63, 3.8) is 0 Å². The highest BCUT2D eigenvalue weighted by Crippen LogP contribution is 2.22. The van der Waals surface area contributed by atoms with Gasteiger partial charge in [0.25, 0.3) is 0 Å². The lowest BCUT2D eigenvalue weighted by molar-refractivity contribution is 0.508. The Balaban J connectivity index is 1.94. The van der Waals surface area contributed by atoms with Crippen molar-refractivity contribution in [2.24, 2.45) is 4.99 Å². The molecule has 0 aliphatic heterocycles. The van der Waals surface area contributed by atoms with E-state index in [1.165, 1.54) is 18.2 Å². The fourth-order valence-electron chi connectivity index (χ4n) is 3.13. The number of aliphatic imine (C=N–C) groups is 1. The summed E-state index contributed by atoms with van der Waals surface area (Å²) in [4.78, 5) is 4.31. The topological polar surface area (TPSA) is 82.6 Å². The molecule has 0 bridgehead atoms. The Morgan fingerprint density at radius 2 is 1.67 bits per heavy atom. The van der Waals surface area contributed by atoms with Gasteiger partial charge in [-0.15, -0.1) is 0 Å². The maximum Gasteiger partial charge on any atom is 0.215 e. The minimum absolute atomic E-state index is 0.0324. The van der Waals surface area contributed by atoms with E-state index in [0.717, 1.165) is 24.1 Å². The Hall–Kier alpha value is -2.38. The standard InChI is InChI=1S/C23H34N4O2S/c1-6-18-10-12-21(13-11-18)23(2,3)17-27-22(24-4)26-15-19-8-7-9-20(14-19)16-30(28,29)25-5/h7-14,25H,6,15-17H2,1-5H3,(H2,24,26,27). The SMILES string of the molecule is CCc1ccc(C(C)(C)CNC(=NC)NCc2cccc(CS(=O)(=O)NC)c2)cc1. The third-order valence-corrected chi connectivity index (χ3v) is 6.52. The van der Waals surface area contributed by atoms with Crippen LogP contribution >= 0.6 is 0 Å². The first-order valence-electron chi connectivity index (χ1n) is 10.2. The van der Waals surface area contributed by atoms with Crippen LogP contribution in [0.15, 0.2) is 53.5 Å². The number of nitrogens with one attached hydrogen (secondary N) is 3. The van der Waals surface area contributed by atoms with Crippen LogP contribution in [0.5, 0.6) is 0 Å². The third kappa shape index (κ3) is 7.15. The molecule has 0 fully saturated rings. The summed E-state index contributed by atoms with van der Waals surface area (Å²) in [7, 11) is -0.117. The molecule has 0 heterocycles. The number of aryl methyl sites for hydroxylation is 1. The highest BCUT2D eigenvalue weighted by molar-refractivity contribution is 7.88. The van der Waals surface area contributed by atoms with Crippen molar-refractivity contribution in [3.05, 3.63) is 70.8 Å². The summed E-state index contributed by atoms with van der Waals surface area (Å²) in [5, 5.41) is 6.71. The molecule has 0 saturated heterocycles. The van der Waals surface area contributed by atoms with Crippen molar-refractivity contribution in [2.75, 3.05) is 20.6 Å². The van der Waals surface area contributed by atoms with Gasteiger partial charge in [-0.25, -0.2) is 13.1 Å². The minimum Gasteiger partial charge on any atom is -0.356 e. The zero-order valence-electron chi connectivity index (χ0n) is 18.6. The Morgan fingerprint density at radius 3 is 2.27 bits per heavy atom. The van der Waals surface area contributed by atoms with Crippen molar-refractivity contribution >= 4 is 16.0 Å². The number of sulfonamides is 1. The Kier molecular flexibility index (Phi) is 8.43. The summed E-state index contributed by atoms with van der Waals surface area (Å²) in [6.45, 7) is 7.86. The molecule has 2 rings (SSSR count). The number of nitrogens with zero attached hydrogens (tertiary/aromatic N) is 1. The van der Waals surface area contributed by atoms with E-state index in [9.17, 15) is 8.42 Å². The number of hydrogen-bond acceptors (Lipinski definition) is 3. The first kappa shape index (κ1) is 23.9. The molecule has 30 heavy (non-hydrogen) atoms. The van der Waals surface area contributed by atoms with E-state index < -0.39 is 10.0 Å². The largest absolute Gasteiger partial charge is 0.356 e. The molecular formula is C23H34N4O2S. The molecule has 2 aromatic carbocycles. The first-order valence-corrected chi connectivity index (χ1v) is 11.9. The van der Waals surface area contributed by atoms with Crippen LogP contribution in [-0.2, 0) is 34.2 Å². The number of benzene rings is 2. The number of guanidine groups is 1. The van der Waals surface area contributed by atoms with Gasteiger partial charge in [0.15, 0.2) is 5.96 Å². The summed E-state index contributed by atoms with van der Waals surface area (Å²) in [5.41, 5.74) is 4.32. The molecule has 0 aromatic heterocycles. The summed E-state index contributed by atoms with van der Waals surface area (Å²) < 4.78 is 25.9. The molecule has 0 saturated carbocycles. The van der Waals surface area contributed by atoms with E-state index >= 15 is 0 Å². The number of rotatable bonds is 9. The van der Waals surface area contributed by atoms with Crippen molar-refractivity contribution in [3.8, 4) is 0 Å². The van der Waals surface area contributed by atoms with E-state index in [0.29, 0.717) is 12.5 Å². The predicted molar refractivity (Wildman–Crippen MR) is 125 cm³/mol. The molecule has 6 nitrogen and oxygen atoms in total. The van der Waals surface area contributed by atoms with Crippen LogP contribution in [0.2, 0.25) is 0 Å². The van der Waals surface area contributed by atoms with Gasteiger partial charge in [0.1, 0.15) is 0 Å². The summed E-state index contributed by atoms with van der Waals surface area (Å²) >= 11 is 0. The van der Waals surface area contributed by atoms with Crippen LogP contribution in [0.3, 0.4) is 0 Å². The maximum absolute atomic E-state index is 11.8. The van der Waals surface area contributed by atoms with Crippen LogP contribution in [0.4, 0.5) is 0 Å². The summed E-state index contributed by atoms with van der Waals surface area (Å²) in [6, 6.07) is 16.3. The molecule has 0 unspecified atom stereocenters. The fourth-order valence-corrected chi connectivity index (χ4v) is 3.89. The van der Waals surface area contributed by atoms with Gasteiger partial charge in [-0.3, -0.25) is 4.99 Å². The molecule has 0 spiro atoms. The second-order valence-corrected chi connectivity index (χ2v) is 9.92. The molecule has 0 aliphatic rings. The van der Waals surface area contributed by atoms with E-state index in [1.807, 2.05) is 24.3 Å². The van der Waals surface area contributed by atoms with Gasteiger partial charge < -0.3 is 10.6 Å². The zero-order valence-corrected chi connectivity index (χ0v) is 19.4. The number of hydrogen-bond donors (Lipinski definition) is 3. The first-order chi connectivity index (χ1) is 14.2. The van der Waals surface area contributed by atoms with Gasteiger partial charge in [0.2, 0.25) is 10.0 Å². The van der Waals surface area contributed by atoms with E-state index in [4.69, 9.17) is 0 Å². The molecule has 2 aromatic rings. The monoisotopic (exact) mass is 430 g/mol. The summed E-state index contributed by atoms with van der Waals surface area (Å²) in [6.07, 6.45) is 1.04. The quantitative estimate of drug-likeness (QED) is 0.422. The van der Waals surface area contributed by atoms with Gasteiger partial charge in [-0.1, -0.05) is 69.3 Å². The molecule has 0 amide bonds. The molecule has 3 N–H and O–H groups in total. The second-order valence-electron chi connectivity index (χ2n) is 8.00. The predicted octanol–water partition coefficient (Wildman–Crippen LogP) is 2.94. The van der Waals surface area contributed by atoms with Gasteiger partial charge >= 0.3 is 0 Å². The van der Waals surface area contributed by atoms with Crippen molar-refractivity contribution < 1.29 is 8.42 Å². The van der Waals surface area contributed by atoms with Crippen molar-refractivity contribution in [1.82, 2.24) is 15.4 Å². The second kappa shape index (κ2) is 10.6. The molecular weight excluding hydrogens is 396 g/mol. The average Bonchev–Trinajstić information content (AvgIpc) is 2.74. The molecule has 0 atom stereocenters. The van der Waals surface area contributed by atoms with E-state index in [2.05, 4.69) is 65.4 Å². The molecule has 164 valence electrons. The molecule has 0 radical (unpaired) electrons. The molecule has 0 aliphatic carbocycles. The summed E-state index contributed by atoms with van der Waals surface area (Å²) in [5.74, 6) is 0.677. The Bertz CT molecular complexity index is 951. The van der Waals surface area contributed by atoms with Crippen LogP contribution in [0.25, 0.3) is 0 Å². The minimum atomic E-state index is -3.29. The Morgan fingerprint density at radius 1 is 1.00 bits per heavy atom. The Labute approximate surface area is 181 Å². The normalized spacial score (nSPS) is 12.6. The van der Waals surface area contributed by atoms with Crippen LogP contribution in [0, 0.1) is 0 Å². The van der Waals surface area contributed by atoms with Crippen molar-refractivity contribution in [1.29, 1.82) is 0 Å². The fraction of sp³-hybridized carbons (Fsp3) is 0.435. The smallest absolute Gasteiger partial charge is 0.215 e. The zero-order chi connectivity index (χ0) is 22.2. The van der Waals surface area contributed by atoms with E-state index in [1.54, 1.807) is 7.05 Å². The van der Waals surface area contributed by atoms with Gasteiger partial charge in [-0.2, -0.15) is 0 Å². The van der Waals surface area contributed by atoms with Crippen molar-refractivity contribution in [2.45, 2.75) is 44.9 Å². The van der Waals surface area contributed by atoms with Crippen LogP contribution in [0.1, 0.15) is 43.0 Å². The van der Waals surface area contributed by atoms with Crippen LogP contribution in [-0.4, -0.2) is 35.0 Å². The lowest BCUT2D eigenvalue weighted by atomic mass is 9.84. The van der Waals surface area contributed by atoms with Gasteiger partial charge in [0, 0.05) is 25.6 Å². The van der Waals surface area contributed by atoms with Gasteiger partial charge in [-0.05, 0) is 35.7 Å². The third-order valence-electron chi connectivity index (χ3n) is 5.18. The highest BCUT2D eigenvalue weighted by Gasteiger charge is 2.21. The highest BCUT2D eigenvalue weighted by atomic mass is 32.2. The van der Waals surface area contributed by atoms with Crippen LogP contribution < -0.4 is 15.4 Å². The van der Waals surface area contributed by atoms with Gasteiger partial charge in [0.05, 0.1) is 5.75 Å². The maximum atomic E-state index is 11.8. The average molecular weight is 431 g/mol. The lowest BCUT2D eigenvalue weighted by Gasteiger charge is -2.27. The van der Waals surface area contributed by atoms with E-state index in [-0.39, 0.29) is 11.2 Å². The molecule has 7 heteroatoms.